The molecule has 1 aliphatic carbocycles. The van der Waals surface area contributed by atoms with E-state index in [1.807, 2.05) is 11.8 Å². The van der Waals surface area contributed by atoms with Gasteiger partial charge < -0.3 is 4.90 Å². The van der Waals surface area contributed by atoms with Crippen molar-refractivity contribution in [2.24, 2.45) is 5.92 Å². The summed E-state index contributed by atoms with van der Waals surface area (Å²) in [5.41, 5.74) is 0. The average Bonchev–Trinajstić information content (AvgIpc) is 2.60. The first-order valence-corrected chi connectivity index (χ1v) is 6.24. The summed E-state index contributed by atoms with van der Waals surface area (Å²) >= 11 is 0. The number of hydrogen-bond donors (Lipinski definition) is 1. The summed E-state index contributed by atoms with van der Waals surface area (Å²) in [5, 5.41) is 3.22. The highest BCUT2D eigenvalue weighted by molar-refractivity contribution is 5.83. The standard InChI is InChI=1S/C12H22N2O/c1-9-12(15)14(8-13-9)10(2)11-6-4-3-5-7-11/h9-11,13H,3-8H2,1-2H3. The summed E-state index contributed by atoms with van der Waals surface area (Å²) in [6, 6.07) is 0.450. The second-order valence-corrected chi connectivity index (χ2v) is 5.03. The van der Waals surface area contributed by atoms with Crippen LogP contribution >= 0.6 is 0 Å². The van der Waals surface area contributed by atoms with Crippen LogP contribution < -0.4 is 5.32 Å². The molecule has 1 N–H and O–H groups in total. The summed E-state index contributed by atoms with van der Waals surface area (Å²) < 4.78 is 0. The number of carbonyl (C=O) groups is 1. The number of carbonyl (C=O) groups excluding carboxylic acids is 1. The molecular weight excluding hydrogens is 188 g/mol. The molecule has 2 unspecified atom stereocenters. The predicted octanol–water partition coefficient (Wildman–Crippen LogP) is 1.73. The molecule has 0 aromatic heterocycles. The highest BCUT2D eigenvalue weighted by Crippen LogP contribution is 2.29. The summed E-state index contributed by atoms with van der Waals surface area (Å²) in [7, 11) is 0. The quantitative estimate of drug-likeness (QED) is 0.753. The molecule has 2 fully saturated rings. The van der Waals surface area contributed by atoms with Crippen molar-refractivity contribution in [1.29, 1.82) is 0 Å². The van der Waals surface area contributed by atoms with Crippen LogP contribution in [0.25, 0.3) is 0 Å². The third kappa shape index (κ3) is 2.17. The lowest BCUT2D eigenvalue weighted by Crippen LogP contribution is -2.41. The first-order valence-electron chi connectivity index (χ1n) is 6.24. The van der Waals surface area contributed by atoms with Gasteiger partial charge in [0.05, 0.1) is 12.7 Å². The molecule has 3 heteroatoms. The summed E-state index contributed by atoms with van der Waals surface area (Å²) in [4.78, 5) is 13.9. The fourth-order valence-electron chi connectivity index (χ4n) is 2.86. The van der Waals surface area contributed by atoms with Crippen LogP contribution in [0.2, 0.25) is 0 Å². The van der Waals surface area contributed by atoms with Crippen molar-refractivity contribution in [3.8, 4) is 0 Å². The highest BCUT2D eigenvalue weighted by Gasteiger charge is 2.34. The fraction of sp³-hybridized carbons (Fsp3) is 0.917. The zero-order chi connectivity index (χ0) is 10.8. The van der Waals surface area contributed by atoms with Crippen molar-refractivity contribution >= 4 is 5.91 Å². The Morgan fingerprint density at radius 3 is 2.53 bits per heavy atom. The Morgan fingerprint density at radius 2 is 2.00 bits per heavy atom. The first-order chi connectivity index (χ1) is 7.20. The first kappa shape index (κ1) is 10.9. The maximum atomic E-state index is 11.9. The predicted molar refractivity (Wildman–Crippen MR) is 60.3 cm³/mol. The largest absolute Gasteiger partial charge is 0.326 e. The zero-order valence-corrected chi connectivity index (χ0v) is 9.83. The molecule has 15 heavy (non-hydrogen) atoms. The van der Waals surface area contributed by atoms with Gasteiger partial charge in [-0.2, -0.15) is 0 Å². The maximum absolute atomic E-state index is 11.9. The third-order valence-corrected chi connectivity index (χ3v) is 4.04. The molecule has 0 radical (unpaired) electrons. The van der Waals surface area contributed by atoms with Gasteiger partial charge in [-0.3, -0.25) is 10.1 Å². The van der Waals surface area contributed by atoms with E-state index in [1.165, 1.54) is 32.1 Å². The van der Waals surface area contributed by atoms with Crippen molar-refractivity contribution in [3.05, 3.63) is 0 Å². The van der Waals surface area contributed by atoms with Gasteiger partial charge in [0.2, 0.25) is 5.91 Å². The van der Waals surface area contributed by atoms with Gasteiger partial charge in [-0.05, 0) is 32.6 Å². The number of nitrogens with zero attached hydrogens (tertiary/aromatic N) is 1. The maximum Gasteiger partial charge on any atom is 0.240 e. The second-order valence-electron chi connectivity index (χ2n) is 5.03. The minimum Gasteiger partial charge on any atom is -0.326 e. The molecule has 3 nitrogen and oxygen atoms in total. The van der Waals surface area contributed by atoms with Crippen LogP contribution in [-0.2, 0) is 4.79 Å². The molecule has 1 heterocycles. The summed E-state index contributed by atoms with van der Waals surface area (Å²) in [5.74, 6) is 1.02. The van der Waals surface area contributed by atoms with Gasteiger partial charge in [-0.15, -0.1) is 0 Å². The number of nitrogens with one attached hydrogen (secondary N) is 1. The van der Waals surface area contributed by atoms with Crippen molar-refractivity contribution in [3.63, 3.8) is 0 Å². The molecule has 2 aliphatic rings. The van der Waals surface area contributed by atoms with Crippen LogP contribution in [0.4, 0.5) is 0 Å². The molecule has 0 spiro atoms. The SMILES string of the molecule is CC1NCN(C(C)C2CCCCC2)C1=O. The van der Waals surface area contributed by atoms with E-state index in [1.54, 1.807) is 0 Å². The van der Waals surface area contributed by atoms with Crippen molar-refractivity contribution in [1.82, 2.24) is 10.2 Å². The van der Waals surface area contributed by atoms with Gasteiger partial charge >= 0.3 is 0 Å². The molecule has 0 aromatic rings. The molecule has 2 rings (SSSR count). The van der Waals surface area contributed by atoms with Crippen LogP contribution in [0, 0.1) is 5.92 Å². The summed E-state index contributed by atoms with van der Waals surface area (Å²) in [6.07, 6.45) is 6.69. The Labute approximate surface area is 92.2 Å². The minimum absolute atomic E-state index is 0.0241. The Bertz CT molecular complexity index is 236. The topological polar surface area (TPSA) is 32.3 Å². The number of amides is 1. The van der Waals surface area contributed by atoms with Crippen LogP contribution in [-0.4, -0.2) is 29.6 Å². The van der Waals surface area contributed by atoms with E-state index in [0.717, 1.165) is 12.6 Å². The van der Waals surface area contributed by atoms with Gasteiger partial charge in [0, 0.05) is 6.04 Å². The Kier molecular flexibility index (Phi) is 3.29. The Hall–Kier alpha value is -0.570. The molecule has 1 saturated carbocycles. The molecule has 86 valence electrons. The van der Waals surface area contributed by atoms with E-state index < -0.39 is 0 Å². The lowest BCUT2D eigenvalue weighted by molar-refractivity contribution is -0.131. The van der Waals surface area contributed by atoms with E-state index in [4.69, 9.17) is 0 Å². The van der Waals surface area contributed by atoms with E-state index in [2.05, 4.69) is 12.2 Å². The fourth-order valence-corrected chi connectivity index (χ4v) is 2.86. The lowest BCUT2D eigenvalue weighted by Gasteiger charge is -2.33. The zero-order valence-electron chi connectivity index (χ0n) is 9.83. The van der Waals surface area contributed by atoms with Gasteiger partial charge in [0.1, 0.15) is 0 Å². The molecule has 0 aromatic carbocycles. The summed E-state index contributed by atoms with van der Waals surface area (Å²) in [6.45, 7) is 4.92. The second kappa shape index (κ2) is 4.52. The Balaban J connectivity index is 1.94. The number of hydrogen-bond acceptors (Lipinski definition) is 2. The average molecular weight is 210 g/mol. The van der Waals surface area contributed by atoms with E-state index in [9.17, 15) is 4.79 Å². The van der Waals surface area contributed by atoms with Crippen LogP contribution in [0.15, 0.2) is 0 Å². The molecule has 1 aliphatic heterocycles. The molecular formula is C12H22N2O. The van der Waals surface area contributed by atoms with Gasteiger partial charge in [-0.25, -0.2) is 0 Å². The van der Waals surface area contributed by atoms with Crippen molar-refractivity contribution < 1.29 is 4.79 Å². The van der Waals surface area contributed by atoms with Gasteiger partial charge in [0.15, 0.2) is 0 Å². The molecule has 0 bridgehead atoms. The molecule has 1 saturated heterocycles. The van der Waals surface area contributed by atoms with Crippen LogP contribution in [0.5, 0.6) is 0 Å². The minimum atomic E-state index is 0.0241. The van der Waals surface area contributed by atoms with Gasteiger partial charge in [0.25, 0.3) is 0 Å². The van der Waals surface area contributed by atoms with Crippen LogP contribution in [0.1, 0.15) is 46.0 Å². The normalized spacial score (nSPS) is 30.9. The highest BCUT2D eigenvalue weighted by atomic mass is 16.2. The smallest absolute Gasteiger partial charge is 0.240 e. The van der Waals surface area contributed by atoms with Crippen molar-refractivity contribution in [2.75, 3.05) is 6.67 Å². The number of rotatable bonds is 2. The van der Waals surface area contributed by atoms with Crippen molar-refractivity contribution in [2.45, 2.75) is 58.0 Å². The lowest BCUT2D eigenvalue weighted by atomic mass is 9.84. The van der Waals surface area contributed by atoms with Crippen LogP contribution in [0.3, 0.4) is 0 Å². The Morgan fingerprint density at radius 1 is 1.33 bits per heavy atom. The molecule has 1 amide bonds. The van der Waals surface area contributed by atoms with E-state index in [-0.39, 0.29) is 11.9 Å². The van der Waals surface area contributed by atoms with E-state index >= 15 is 0 Å². The van der Waals surface area contributed by atoms with Gasteiger partial charge in [-0.1, -0.05) is 19.3 Å². The van der Waals surface area contributed by atoms with E-state index in [0.29, 0.717) is 6.04 Å². The third-order valence-electron chi connectivity index (χ3n) is 4.04. The monoisotopic (exact) mass is 210 g/mol. The molecule has 2 atom stereocenters.